The lowest BCUT2D eigenvalue weighted by Crippen LogP contribution is -2.09. The molecule has 0 bridgehead atoms. The third-order valence-corrected chi connectivity index (χ3v) is 2.97. The summed E-state index contributed by atoms with van der Waals surface area (Å²) in [7, 11) is 0. The lowest BCUT2D eigenvalue weighted by Gasteiger charge is -2.00. The zero-order valence-electron chi connectivity index (χ0n) is 9.14. The molecule has 18 heavy (non-hydrogen) atoms. The van der Waals surface area contributed by atoms with Crippen molar-refractivity contribution in [2.75, 3.05) is 6.61 Å². The molecule has 1 aromatic rings. The highest BCUT2D eigenvalue weighted by Crippen LogP contribution is 2.37. The monoisotopic (exact) mass is 244 g/mol. The van der Waals surface area contributed by atoms with Crippen LogP contribution < -0.4 is 0 Å². The van der Waals surface area contributed by atoms with Gasteiger partial charge in [0.2, 0.25) is 0 Å². The molecule has 0 fully saturated rings. The van der Waals surface area contributed by atoms with Gasteiger partial charge in [-0.3, -0.25) is 4.79 Å². The maximum atomic E-state index is 12.1. The van der Waals surface area contributed by atoms with Gasteiger partial charge in [-0.1, -0.05) is 24.3 Å². The van der Waals surface area contributed by atoms with Gasteiger partial charge in [0, 0.05) is 11.1 Å². The largest absolute Gasteiger partial charge is 0.508 e. The Bertz CT molecular complexity index is 651. The van der Waals surface area contributed by atoms with E-state index in [1.165, 1.54) is 0 Å². The van der Waals surface area contributed by atoms with Crippen LogP contribution in [0.25, 0.3) is 5.76 Å². The number of aliphatic hydroxyl groups excluding tert-OH is 2. The van der Waals surface area contributed by atoms with Crippen LogP contribution in [0.15, 0.2) is 41.2 Å². The predicted molar refractivity (Wildman–Crippen MR) is 60.9 cm³/mol. The molecule has 0 atom stereocenters. The number of benzene rings is 1. The first-order valence-corrected chi connectivity index (χ1v) is 5.28. The fourth-order valence-corrected chi connectivity index (χ4v) is 2.14. The van der Waals surface area contributed by atoms with E-state index in [0.717, 1.165) is 0 Å². The molecule has 1 heterocycles. The van der Waals surface area contributed by atoms with Crippen molar-refractivity contribution >= 4 is 17.5 Å². The number of ketones is 1. The fraction of sp³-hybridized carbons (Fsp3) is 0.0769. The molecule has 0 spiro atoms. The van der Waals surface area contributed by atoms with Crippen LogP contribution in [0.2, 0.25) is 0 Å². The van der Waals surface area contributed by atoms with Crippen molar-refractivity contribution in [2.45, 2.75) is 0 Å². The number of carbonyl (C=O) groups excluding carboxylic acids is 2. The van der Waals surface area contributed by atoms with Crippen molar-refractivity contribution in [3.63, 3.8) is 0 Å². The van der Waals surface area contributed by atoms with Gasteiger partial charge in [0.25, 0.3) is 0 Å². The molecule has 90 valence electrons. The number of fused-ring (bicyclic) bond motifs is 1. The Kier molecular flexibility index (Phi) is 2.04. The molecule has 5 nitrogen and oxygen atoms in total. The van der Waals surface area contributed by atoms with E-state index in [1.54, 1.807) is 24.3 Å². The molecule has 0 aromatic heterocycles. The first-order valence-electron chi connectivity index (χ1n) is 5.28. The lowest BCUT2D eigenvalue weighted by atomic mass is 10.0. The summed E-state index contributed by atoms with van der Waals surface area (Å²) in [4.78, 5) is 23.6. The second-order valence-electron chi connectivity index (χ2n) is 4.00. The molecule has 2 aliphatic rings. The van der Waals surface area contributed by atoms with Gasteiger partial charge in [0.15, 0.2) is 5.78 Å². The maximum Gasteiger partial charge on any atom is 0.343 e. The molecule has 0 unspecified atom stereocenters. The molecule has 1 aromatic carbocycles. The van der Waals surface area contributed by atoms with Crippen molar-refractivity contribution < 1.29 is 24.5 Å². The smallest absolute Gasteiger partial charge is 0.343 e. The van der Waals surface area contributed by atoms with Crippen molar-refractivity contribution in [1.82, 2.24) is 0 Å². The van der Waals surface area contributed by atoms with Gasteiger partial charge < -0.3 is 14.9 Å². The standard InChI is InChI=1S/C13H8O5/c14-8-5-18-13(17)9(8)10-11(15)6-3-1-2-4-7(6)12(10)16/h1-4,14-15H,5H2. The van der Waals surface area contributed by atoms with E-state index in [2.05, 4.69) is 4.74 Å². The maximum absolute atomic E-state index is 12.1. The third-order valence-electron chi connectivity index (χ3n) is 2.97. The number of rotatable bonds is 1. The number of hydrogen-bond donors (Lipinski definition) is 2. The van der Waals surface area contributed by atoms with Crippen LogP contribution in [0.4, 0.5) is 0 Å². The van der Waals surface area contributed by atoms with Crippen LogP contribution in [0, 0.1) is 0 Å². The average molecular weight is 244 g/mol. The zero-order valence-corrected chi connectivity index (χ0v) is 9.14. The van der Waals surface area contributed by atoms with Crippen LogP contribution in [0.5, 0.6) is 0 Å². The summed E-state index contributed by atoms with van der Waals surface area (Å²) in [5, 5.41) is 19.6. The molecule has 3 rings (SSSR count). The van der Waals surface area contributed by atoms with Crippen LogP contribution >= 0.6 is 0 Å². The number of hydrogen-bond acceptors (Lipinski definition) is 5. The summed E-state index contributed by atoms with van der Waals surface area (Å²) in [6.07, 6.45) is 0. The average Bonchev–Trinajstić information content (AvgIpc) is 2.81. The number of aliphatic hydroxyl groups is 2. The van der Waals surface area contributed by atoms with Crippen LogP contribution in [0.3, 0.4) is 0 Å². The van der Waals surface area contributed by atoms with E-state index in [1.807, 2.05) is 0 Å². The highest BCUT2D eigenvalue weighted by molar-refractivity contribution is 6.26. The van der Waals surface area contributed by atoms with Gasteiger partial charge in [-0.2, -0.15) is 0 Å². The van der Waals surface area contributed by atoms with E-state index in [-0.39, 0.29) is 29.3 Å². The van der Waals surface area contributed by atoms with E-state index in [4.69, 9.17) is 0 Å². The van der Waals surface area contributed by atoms with Crippen molar-refractivity contribution in [2.24, 2.45) is 0 Å². The van der Waals surface area contributed by atoms with E-state index in [0.29, 0.717) is 11.1 Å². The number of ether oxygens (including phenoxy) is 1. The molecule has 2 N–H and O–H groups in total. The summed E-state index contributed by atoms with van der Waals surface area (Å²) < 4.78 is 4.63. The molecule has 0 saturated heterocycles. The van der Waals surface area contributed by atoms with Crippen molar-refractivity contribution in [3.8, 4) is 0 Å². The number of carbonyl (C=O) groups is 2. The highest BCUT2D eigenvalue weighted by atomic mass is 16.5. The number of esters is 1. The molecular formula is C13H8O5. The number of Topliss-reactive ketones (excluding diaryl/α,β-unsaturated/α-hetero) is 1. The Hall–Kier alpha value is -2.56. The van der Waals surface area contributed by atoms with Gasteiger partial charge >= 0.3 is 5.97 Å². The minimum absolute atomic E-state index is 0.184. The minimum atomic E-state index is -0.796. The van der Waals surface area contributed by atoms with Gasteiger partial charge in [0.05, 0.1) is 5.57 Å². The van der Waals surface area contributed by atoms with Gasteiger partial charge in [-0.05, 0) is 0 Å². The van der Waals surface area contributed by atoms with Crippen LogP contribution in [-0.4, -0.2) is 28.6 Å². The predicted octanol–water partition coefficient (Wildman–Crippen LogP) is 1.52. The van der Waals surface area contributed by atoms with Crippen molar-refractivity contribution in [3.05, 3.63) is 52.3 Å². The molecule has 0 amide bonds. The molecule has 0 radical (unpaired) electrons. The summed E-state index contributed by atoms with van der Waals surface area (Å²) in [5.74, 6) is -1.91. The van der Waals surface area contributed by atoms with Gasteiger partial charge in [-0.15, -0.1) is 0 Å². The summed E-state index contributed by atoms with van der Waals surface area (Å²) >= 11 is 0. The Morgan fingerprint density at radius 3 is 2.22 bits per heavy atom. The van der Waals surface area contributed by atoms with E-state index >= 15 is 0 Å². The quantitative estimate of drug-likeness (QED) is 0.732. The zero-order chi connectivity index (χ0) is 12.9. The second kappa shape index (κ2) is 3.46. The third kappa shape index (κ3) is 1.21. The molecule has 0 saturated carbocycles. The molecule has 1 aliphatic heterocycles. The Morgan fingerprint density at radius 1 is 1.00 bits per heavy atom. The van der Waals surface area contributed by atoms with Crippen LogP contribution in [0.1, 0.15) is 15.9 Å². The van der Waals surface area contributed by atoms with Gasteiger partial charge in [-0.25, -0.2) is 4.79 Å². The topological polar surface area (TPSA) is 83.8 Å². The number of cyclic esters (lactones) is 1. The first-order chi connectivity index (χ1) is 8.61. The molecular weight excluding hydrogens is 236 g/mol. The SMILES string of the molecule is O=C1OCC(O)=C1C1=C(O)c2ccccc2C1=O. The second-order valence-corrected chi connectivity index (χ2v) is 4.00. The molecule has 1 aliphatic carbocycles. The summed E-state index contributed by atoms with van der Waals surface area (Å²) in [6.45, 7) is -0.269. The first kappa shape index (κ1) is 10.6. The summed E-state index contributed by atoms with van der Waals surface area (Å²) in [6, 6.07) is 6.47. The summed E-state index contributed by atoms with van der Waals surface area (Å²) in [5.41, 5.74) is 0.243. The fourth-order valence-electron chi connectivity index (χ4n) is 2.14. The Morgan fingerprint density at radius 2 is 1.67 bits per heavy atom. The lowest BCUT2D eigenvalue weighted by molar-refractivity contribution is -0.135. The van der Waals surface area contributed by atoms with Crippen molar-refractivity contribution in [1.29, 1.82) is 0 Å². The van der Waals surface area contributed by atoms with Crippen LogP contribution in [-0.2, 0) is 9.53 Å². The minimum Gasteiger partial charge on any atom is -0.508 e. The highest BCUT2D eigenvalue weighted by Gasteiger charge is 2.39. The Balaban J connectivity index is 2.22. The van der Waals surface area contributed by atoms with E-state index in [9.17, 15) is 19.8 Å². The Labute approximate surface area is 102 Å². The van der Waals surface area contributed by atoms with E-state index < -0.39 is 11.8 Å². The van der Waals surface area contributed by atoms with Gasteiger partial charge in [0.1, 0.15) is 23.7 Å². The molecule has 5 heteroatoms. The normalized spacial score (nSPS) is 18.4.